The van der Waals surface area contributed by atoms with E-state index in [9.17, 15) is 22.8 Å². The van der Waals surface area contributed by atoms with Crippen LogP contribution >= 0.6 is 0 Å². The molecule has 2 amide bonds. The summed E-state index contributed by atoms with van der Waals surface area (Å²) >= 11 is 0. The quantitative estimate of drug-likeness (QED) is 0.276. The van der Waals surface area contributed by atoms with Gasteiger partial charge in [-0.15, -0.1) is 0 Å². The van der Waals surface area contributed by atoms with Crippen molar-refractivity contribution in [3.8, 4) is 22.9 Å². The number of carbonyl (C=O) groups excluding carboxylic acids is 2. The highest BCUT2D eigenvalue weighted by Crippen LogP contribution is 2.29. The maximum atomic E-state index is 14.1. The molecule has 3 heterocycles. The van der Waals surface area contributed by atoms with E-state index in [1.54, 1.807) is 22.9 Å². The van der Waals surface area contributed by atoms with E-state index in [-0.39, 0.29) is 48.2 Å². The van der Waals surface area contributed by atoms with E-state index < -0.39 is 40.2 Å². The molecule has 0 unspecified atom stereocenters. The van der Waals surface area contributed by atoms with Gasteiger partial charge in [0, 0.05) is 37.3 Å². The summed E-state index contributed by atoms with van der Waals surface area (Å²) in [6, 6.07) is 17.5. The summed E-state index contributed by atoms with van der Waals surface area (Å²) in [5, 5.41) is 10.5. The lowest BCUT2D eigenvalue weighted by Crippen LogP contribution is -2.45. The molecule has 15 nitrogen and oxygen atoms in total. The number of rotatable bonds is 5. The van der Waals surface area contributed by atoms with Crippen molar-refractivity contribution in [1.29, 1.82) is 0 Å². The normalized spacial score (nSPS) is 16.7. The molecule has 16 heteroatoms. The third-order valence-corrected chi connectivity index (χ3v) is 10.2. The number of hydrogen-bond acceptors (Lipinski definition) is 10. The topological polar surface area (TPSA) is 180 Å². The second kappa shape index (κ2) is 14.2. The predicted octanol–water partition coefficient (Wildman–Crippen LogP) is 2.73. The molecule has 3 aromatic carbocycles. The zero-order valence-corrected chi connectivity index (χ0v) is 28.8. The summed E-state index contributed by atoms with van der Waals surface area (Å²) in [5.74, 6) is -0.268. The number of fused-ring (bicyclic) bond motifs is 4. The molecule has 0 radical (unpaired) electrons. The Balaban J connectivity index is 1.40. The van der Waals surface area contributed by atoms with Gasteiger partial charge in [-0.1, -0.05) is 44.2 Å². The number of aromatic nitrogens is 4. The lowest BCUT2D eigenvalue weighted by atomic mass is 10.0. The average Bonchev–Trinajstić information content (AvgIpc) is 3.65. The first-order valence-corrected chi connectivity index (χ1v) is 17.4. The van der Waals surface area contributed by atoms with Gasteiger partial charge in [-0.3, -0.25) is 14.2 Å². The van der Waals surface area contributed by atoms with Crippen molar-refractivity contribution in [2.45, 2.75) is 31.3 Å². The number of aryl methyl sites for hydroxylation is 1. The second-order valence-electron chi connectivity index (χ2n) is 12.0. The molecule has 262 valence electrons. The molecule has 1 aliphatic heterocycles. The predicted molar refractivity (Wildman–Crippen MR) is 182 cm³/mol. The molecule has 0 spiro atoms. The highest BCUT2D eigenvalue weighted by molar-refractivity contribution is 7.89. The Bertz CT molecular complexity index is 2210. The molecule has 0 aliphatic carbocycles. The van der Waals surface area contributed by atoms with Crippen molar-refractivity contribution in [3.05, 3.63) is 88.7 Å². The average molecular weight is 704 g/mol. The fraction of sp³-hybridized carbons (Fsp3) is 0.324. The molecule has 6 rings (SSSR count). The molecule has 50 heavy (non-hydrogen) atoms. The Morgan fingerprint density at radius 3 is 2.50 bits per heavy atom. The van der Waals surface area contributed by atoms with Gasteiger partial charge in [-0.2, -0.15) is 9.40 Å². The molecule has 2 bridgehead atoms. The van der Waals surface area contributed by atoms with Crippen LogP contribution in [0.15, 0.2) is 80.8 Å². The van der Waals surface area contributed by atoms with Crippen LogP contribution in [0.5, 0.6) is 11.5 Å². The van der Waals surface area contributed by atoms with Crippen LogP contribution in [0.1, 0.15) is 36.1 Å². The third-order valence-electron chi connectivity index (χ3n) is 8.35. The lowest BCUT2D eigenvalue weighted by molar-refractivity contribution is -0.122. The van der Waals surface area contributed by atoms with Gasteiger partial charge in [-0.25, -0.2) is 22.9 Å². The number of methoxy groups -OCH3 is 1. The summed E-state index contributed by atoms with van der Waals surface area (Å²) in [6.07, 6.45) is 0. The monoisotopic (exact) mass is 703 g/mol. The second-order valence-corrected chi connectivity index (χ2v) is 14.0. The van der Waals surface area contributed by atoms with Crippen LogP contribution in [0.25, 0.3) is 22.5 Å². The van der Waals surface area contributed by atoms with Crippen LogP contribution in [0.2, 0.25) is 0 Å². The van der Waals surface area contributed by atoms with Crippen LogP contribution in [-0.4, -0.2) is 77.2 Å². The molecule has 2 N–H and O–H groups in total. The molecule has 0 saturated carbocycles. The van der Waals surface area contributed by atoms with Crippen molar-refractivity contribution < 1.29 is 31.9 Å². The van der Waals surface area contributed by atoms with Crippen molar-refractivity contribution in [2.75, 3.05) is 33.4 Å². The van der Waals surface area contributed by atoms with E-state index in [0.29, 0.717) is 28.7 Å². The minimum absolute atomic E-state index is 0.0766. The van der Waals surface area contributed by atoms with Crippen LogP contribution in [-0.2, 0) is 28.4 Å². The summed E-state index contributed by atoms with van der Waals surface area (Å²) in [6.45, 7) is 3.22. The van der Waals surface area contributed by atoms with Gasteiger partial charge in [0.15, 0.2) is 28.7 Å². The number of sulfonamides is 1. The SMILES string of the molecule is COc1ccc2cc1OCCn1nc(-c3ccccc3)nc1[C@@H](C(C)C)NC(=O)CN(S(=O)(=O)c1ccc3c(c1)oc(=O)n3C)CCNC2=O. The molecule has 1 aliphatic rings. The van der Waals surface area contributed by atoms with Crippen molar-refractivity contribution in [3.63, 3.8) is 0 Å². The van der Waals surface area contributed by atoms with Gasteiger partial charge < -0.3 is 24.5 Å². The van der Waals surface area contributed by atoms with Gasteiger partial charge in [0.2, 0.25) is 15.9 Å². The summed E-state index contributed by atoms with van der Waals surface area (Å²) in [7, 11) is -1.34. The highest BCUT2D eigenvalue weighted by Gasteiger charge is 2.31. The summed E-state index contributed by atoms with van der Waals surface area (Å²) in [5.41, 5.74) is 1.51. The zero-order chi connectivity index (χ0) is 35.6. The standard InChI is InChI=1S/C34H37N7O8S/c1-21(2)30-32-37-31(22-8-6-5-7-9-22)38-41(32)16-17-48-28-18-23(10-13-26(28)47-4)33(43)35-14-15-40(20-29(42)36-30)50(45,46)24-11-12-25-27(19-24)49-34(44)39(25)3/h5-13,18-19,21,30H,14-17,20H2,1-4H3,(H,35,43)(H,36,42)/t30-/m1/s1. The Labute approximate surface area is 287 Å². The molecule has 0 fully saturated rings. The summed E-state index contributed by atoms with van der Waals surface area (Å²) in [4.78, 5) is 43.7. The number of nitrogens with one attached hydrogen (secondary N) is 2. The minimum atomic E-state index is -4.34. The fourth-order valence-corrected chi connectivity index (χ4v) is 7.06. The fourth-order valence-electron chi connectivity index (χ4n) is 5.64. The number of nitrogens with zero attached hydrogens (tertiary/aromatic N) is 5. The van der Waals surface area contributed by atoms with E-state index in [1.165, 1.54) is 36.9 Å². The van der Waals surface area contributed by atoms with Gasteiger partial charge >= 0.3 is 5.76 Å². The van der Waals surface area contributed by atoms with Crippen molar-refractivity contribution in [2.24, 2.45) is 13.0 Å². The first-order valence-electron chi connectivity index (χ1n) is 15.9. The number of oxazole rings is 1. The largest absolute Gasteiger partial charge is 0.493 e. The van der Waals surface area contributed by atoms with Crippen LogP contribution in [0, 0.1) is 5.92 Å². The minimum Gasteiger partial charge on any atom is -0.493 e. The maximum absolute atomic E-state index is 14.1. The Morgan fingerprint density at radius 1 is 0.980 bits per heavy atom. The van der Waals surface area contributed by atoms with E-state index >= 15 is 0 Å². The Morgan fingerprint density at radius 2 is 1.76 bits per heavy atom. The molecule has 1 atom stereocenters. The number of amides is 2. The molecular formula is C34H37N7O8S. The zero-order valence-electron chi connectivity index (χ0n) is 28.0. The van der Waals surface area contributed by atoms with Crippen LogP contribution < -0.4 is 25.9 Å². The van der Waals surface area contributed by atoms with Gasteiger partial charge in [0.05, 0.1) is 36.7 Å². The number of hydrogen-bond donors (Lipinski definition) is 2. The van der Waals surface area contributed by atoms with E-state index in [4.69, 9.17) is 24.0 Å². The van der Waals surface area contributed by atoms with E-state index in [1.807, 2.05) is 44.2 Å². The molecule has 0 saturated heterocycles. The number of carbonyl (C=O) groups is 2. The van der Waals surface area contributed by atoms with Gasteiger partial charge in [0.1, 0.15) is 6.61 Å². The lowest BCUT2D eigenvalue weighted by Gasteiger charge is -2.25. The van der Waals surface area contributed by atoms with Crippen LogP contribution in [0.3, 0.4) is 0 Å². The smallest absolute Gasteiger partial charge is 0.419 e. The van der Waals surface area contributed by atoms with Crippen LogP contribution in [0.4, 0.5) is 0 Å². The number of ether oxygens (including phenoxy) is 2. The first-order chi connectivity index (χ1) is 24.0. The molecule has 5 aromatic rings. The summed E-state index contributed by atoms with van der Waals surface area (Å²) < 4.78 is 48.8. The maximum Gasteiger partial charge on any atom is 0.419 e. The Hall–Kier alpha value is -5.48. The van der Waals surface area contributed by atoms with E-state index in [0.717, 1.165) is 9.87 Å². The van der Waals surface area contributed by atoms with Gasteiger partial charge in [0.25, 0.3) is 5.91 Å². The third kappa shape index (κ3) is 6.97. The van der Waals surface area contributed by atoms with Crippen molar-refractivity contribution in [1.82, 2.24) is 34.3 Å². The highest BCUT2D eigenvalue weighted by atomic mass is 32.2. The number of benzene rings is 3. The van der Waals surface area contributed by atoms with Crippen molar-refractivity contribution >= 4 is 32.9 Å². The first kappa shape index (κ1) is 34.4. The Kier molecular flexibility index (Phi) is 9.74. The molecule has 2 aromatic heterocycles. The molecular weight excluding hydrogens is 666 g/mol. The van der Waals surface area contributed by atoms with E-state index in [2.05, 4.69) is 10.6 Å². The van der Waals surface area contributed by atoms with Gasteiger partial charge in [-0.05, 0) is 36.2 Å².